The number of hydrogen-bond acceptors (Lipinski definition) is 1. The molecular formula is C15H15FO. The Hall–Kier alpha value is -1.70. The minimum Gasteiger partial charge on any atom is -0.294 e. The maximum atomic E-state index is 13.6. The topological polar surface area (TPSA) is 17.1 Å². The lowest BCUT2D eigenvalue weighted by Gasteiger charge is -2.06. The van der Waals surface area contributed by atoms with E-state index in [0.29, 0.717) is 22.8 Å². The molecule has 0 aliphatic rings. The van der Waals surface area contributed by atoms with Crippen LogP contribution in [0.4, 0.5) is 4.39 Å². The van der Waals surface area contributed by atoms with Crippen LogP contribution in [0, 0.1) is 5.82 Å². The second kappa shape index (κ2) is 5.09. The molecule has 0 radical (unpaired) electrons. The molecule has 0 aromatic heterocycles. The van der Waals surface area contributed by atoms with Crippen LogP contribution in [0.15, 0.2) is 36.4 Å². The van der Waals surface area contributed by atoms with Crippen molar-refractivity contribution in [2.75, 3.05) is 0 Å². The number of ketones is 1. The SMILES string of the molecule is CCCCC(=O)c1ccc(F)c2ccccc12. The average molecular weight is 230 g/mol. The smallest absolute Gasteiger partial charge is 0.163 e. The van der Waals surface area contributed by atoms with E-state index in [0.717, 1.165) is 12.8 Å². The van der Waals surface area contributed by atoms with Gasteiger partial charge in [0.25, 0.3) is 0 Å². The van der Waals surface area contributed by atoms with Gasteiger partial charge in [-0.05, 0) is 23.9 Å². The number of Topliss-reactive ketones (excluding diaryl/α,β-unsaturated/α-hetero) is 1. The Labute approximate surface area is 100 Å². The van der Waals surface area contributed by atoms with Crippen LogP contribution in [0.25, 0.3) is 10.8 Å². The van der Waals surface area contributed by atoms with Crippen LogP contribution < -0.4 is 0 Å². The van der Waals surface area contributed by atoms with Gasteiger partial charge in [-0.1, -0.05) is 37.6 Å². The highest BCUT2D eigenvalue weighted by Gasteiger charge is 2.11. The van der Waals surface area contributed by atoms with Crippen molar-refractivity contribution in [3.05, 3.63) is 47.8 Å². The van der Waals surface area contributed by atoms with Crippen LogP contribution in [0.3, 0.4) is 0 Å². The van der Waals surface area contributed by atoms with Crippen molar-refractivity contribution in [3.8, 4) is 0 Å². The van der Waals surface area contributed by atoms with E-state index in [1.807, 2.05) is 6.07 Å². The first-order chi connectivity index (χ1) is 8.24. The van der Waals surface area contributed by atoms with E-state index in [2.05, 4.69) is 6.92 Å². The summed E-state index contributed by atoms with van der Waals surface area (Å²) in [5.41, 5.74) is 0.635. The molecule has 2 aromatic carbocycles. The fourth-order valence-electron chi connectivity index (χ4n) is 1.98. The first-order valence-corrected chi connectivity index (χ1v) is 5.94. The lowest BCUT2D eigenvalue weighted by Crippen LogP contribution is -2.00. The molecule has 0 saturated heterocycles. The first kappa shape index (κ1) is 11.8. The normalized spacial score (nSPS) is 10.7. The Morgan fingerprint density at radius 3 is 2.53 bits per heavy atom. The predicted octanol–water partition coefficient (Wildman–Crippen LogP) is 4.35. The Bertz CT molecular complexity index is 546. The number of carbonyl (C=O) groups excluding carboxylic acids is 1. The van der Waals surface area contributed by atoms with E-state index in [9.17, 15) is 9.18 Å². The second-order valence-electron chi connectivity index (χ2n) is 4.17. The molecule has 0 amide bonds. The Morgan fingerprint density at radius 2 is 1.82 bits per heavy atom. The summed E-state index contributed by atoms with van der Waals surface area (Å²) in [6.07, 6.45) is 2.40. The van der Waals surface area contributed by atoms with Crippen molar-refractivity contribution in [2.45, 2.75) is 26.2 Å². The lowest BCUT2D eigenvalue weighted by molar-refractivity contribution is 0.0981. The minimum absolute atomic E-state index is 0.100. The number of hydrogen-bond donors (Lipinski definition) is 0. The summed E-state index contributed by atoms with van der Waals surface area (Å²) in [5.74, 6) is -0.171. The summed E-state index contributed by atoms with van der Waals surface area (Å²) in [6, 6.07) is 10.1. The van der Waals surface area contributed by atoms with Crippen LogP contribution in [-0.4, -0.2) is 5.78 Å². The van der Waals surface area contributed by atoms with Gasteiger partial charge in [-0.25, -0.2) is 4.39 Å². The maximum Gasteiger partial charge on any atom is 0.163 e. The molecule has 0 aliphatic carbocycles. The van der Waals surface area contributed by atoms with Gasteiger partial charge in [-0.15, -0.1) is 0 Å². The third kappa shape index (κ3) is 2.36. The second-order valence-corrected chi connectivity index (χ2v) is 4.17. The van der Waals surface area contributed by atoms with Gasteiger partial charge in [-0.3, -0.25) is 4.79 Å². The molecule has 2 heteroatoms. The Kier molecular flexibility index (Phi) is 3.52. The molecule has 0 saturated carbocycles. The van der Waals surface area contributed by atoms with Gasteiger partial charge in [0.15, 0.2) is 5.78 Å². The van der Waals surface area contributed by atoms with Gasteiger partial charge in [0.1, 0.15) is 5.82 Å². The monoisotopic (exact) mass is 230 g/mol. The summed E-state index contributed by atoms with van der Waals surface area (Å²) in [6.45, 7) is 2.05. The average Bonchev–Trinajstić information content (AvgIpc) is 2.37. The molecule has 0 N–H and O–H groups in total. The summed E-state index contributed by atoms with van der Waals surface area (Å²) < 4.78 is 13.6. The fraction of sp³-hybridized carbons (Fsp3) is 0.267. The third-order valence-electron chi connectivity index (χ3n) is 2.93. The minimum atomic E-state index is -0.271. The molecule has 2 rings (SSSR count). The number of unbranched alkanes of at least 4 members (excludes halogenated alkanes) is 1. The molecule has 0 heterocycles. The van der Waals surface area contributed by atoms with Gasteiger partial charge in [0.05, 0.1) is 0 Å². The molecule has 88 valence electrons. The van der Waals surface area contributed by atoms with Crippen LogP contribution in [0.1, 0.15) is 36.5 Å². The largest absolute Gasteiger partial charge is 0.294 e. The van der Waals surface area contributed by atoms with E-state index in [1.165, 1.54) is 6.07 Å². The lowest BCUT2D eigenvalue weighted by atomic mass is 9.98. The summed E-state index contributed by atoms with van der Waals surface area (Å²) >= 11 is 0. The number of halogens is 1. The van der Waals surface area contributed by atoms with E-state index in [1.54, 1.807) is 24.3 Å². The number of fused-ring (bicyclic) bond motifs is 1. The fourth-order valence-corrected chi connectivity index (χ4v) is 1.98. The van der Waals surface area contributed by atoms with Gasteiger partial charge in [0, 0.05) is 17.4 Å². The molecule has 1 nitrogen and oxygen atoms in total. The van der Waals surface area contributed by atoms with Crippen molar-refractivity contribution in [1.82, 2.24) is 0 Å². The molecule has 0 atom stereocenters. The van der Waals surface area contributed by atoms with Gasteiger partial charge < -0.3 is 0 Å². The van der Waals surface area contributed by atoms with Crippen LogP contribution in [-0.2, 0) is 0 Å². The molecule has 0 unspecified atom stereocenters. The van der Waals surface area contributed by atoms with Gasteiger partial charge >= 0.3 is 0 Å². The van der Waals surface area contributed by atoms with Crippen molar-refractivity contribution < 1.29 is 9.18 Å². The van der Waals surface area contributed by atoms with Crippen molar-refractivity contribution in [1.29, 1.82) is 0 Å². The molecule has 0 spiro atoms. The molecule has 2 aromatic rings. The van der Waals surface area contributed by atoms with Crippen molar-refractivity contribution in [3.63, 3.8) is 0 Å². The third-order valence-corrected chi connectivity index (χ3v) is 2.93. The standard InChI is InChI=1S/C15H15FO/c1-2-3-8-15(17)13-9-10-14(16)12-7-5-4-6-11(12)13/h4-7,9-10H,2-3,8H2,1H3. The Balaban J connectivity index is 2.48. The molecular weight excluding hydrogens is 215 g/mol. The van der Waals surface area contributed by atoms with E-state index < -0.39 is 0 Å². The van der Waals surface area contributed by atoms with E-state index in [4.69, 9.17) is 0 Å². The highest BCUT2D eigenvalue weighted by Crippen LogP contribution is 2.23. The molecule has 0 bridgehead atoms. The van der Waals surface area contributed by atoms with Crippen LogP contribution >= 0.6 is 0 Å². The molecule has 17 heavy (non-hydrogen) atoms. The number of carbonyl (C=O) groups is 1. The van der Waals surface area contributed by atoms with Crippen LogP contribution in [0.5, 0.6) is 0 Å². The number of rotatable bonds is 4. The zero-order valence-electron chi connectivity index (χ0n) is 9.87. The van der Waals surface area contributed by atoms with Crippen LogP contribution in [0.2, 0.25) is 0 Å². The molecule has 0 aliphatic heterocycles. The number of benzene rings is 2. The predicted molar refractivity (Wildman–Crippen MR) is 67.8 cm³/mol. The highest BCUT2D eigenvalue weighted by molar-refractivity contribution is 6.08. The van der Waals surface area contributed by atoms with E-state index >= 15 is 0 Å². The van der Waals surface area contributed by atoms with Crippen molar-refractivity contribution in [2.24, 2.45) is 0 Å². The molecule has 0 fully saturated rings. The van der Waals surface area contributed by atoms with E-state index in [-0.39, 0.29) is 11.6 Å². The highest BCUT2D eigenvalue weighted by atomic mass is 19.1. The van der Waals surface area contributed by atoms with Gasteiger partial charge in [0.2, 0.25) is 0 Å². The maximum absolute atomic E-state index is 13.6. The Morgan fingerprint density at radius 1 is 1.12 bits per heavy atom. The van der Waals surface area contributed by atoms with Gasteiger partial charge in [-0.2, -0.15) is 0 Å². The summed E-state index contributed by atoms with van der Waals surface area (Å²) in [5, 5.41) is 1.24. The zero-order valence-corrected chi connectivity index (χ0v) is 9.87. The van der Waals surface area contributed by atoms with Crippen molar-refractivity contribution >= 4 is 16.6 Å². The quantitative estimate of drug-likeness (QED) is 0.713. The summed E-state index contributed by atoms with van der Waals surface area (Å²) in [4.78, 5) is 12.0. The summed E-state index contributed by atoms with van der Waals surface area (Å²) in [7, 11) is 0. The first-order valence-electron chi connectivity index (χ1n) is 5.94. The zero-order chi connectivity index (χ0) is 12.3.